The average Bonchev–Trinajstić information content (AvgIpc) is 2.98. The number of halogens is 1. The number of benzene rings is 1. The van der Waals surface area contributed by atoms with E-state index in [1.807, 2.05) is 13.0 Å². The summed E-state index contributed by atoms with van der Waals surface area (Å²) in [5.74, 6) is -0.380. The van der Waals surface area contributed by atoms with Gasteiger partial charge in [0.1, 0.15) is 0 Å². The maximum atomic E-state index is 12.3. The van der Waals surface area contributed by atoms with Gasteiger partial charge in [0.25, 0.3) is 5.91 Å². The third kappa shape index (κ3) is 4.95. The van der Waals surface area contributed by atoms with Crippen LogP contribution in [0.2, 0.25) is 5.02 Å². The number of carboxylic acids is 1. The monoisotopic (exact) mass is 370 g/mol. The van der Waals surface area contributed by atoms with E-state index in [4.69, 9.17) is 16.7 Å². The Bertz CT molecular complexity index is 718. The number of aromatic nitrogens is 1. The molecule has 0 saturated carbocycles. The van der Waals surface area contributed by atoms with E-state index in [9.17, 15) is 9.59 Å². The number of carbonyl (C=O) groups is 2. The Labute approximate surface area is 147 Å². The molecule has 5 nitrogen and oxygen atoms in total. The quantitative estimate of drug-likeness (QED) is 0.728. The lowest BCUT2D eigenvalue weighted by Crippen LogP contribution is -2.26. The molecule has 0 saturated heterocycles. The van der Waals surface area contributed by atoms with E-state index < -0.39 is 5.97 Å². The minimum Gasteiger partial charge on any atom is -0.476 e. The number of hydrogen-bond donors (Lipinski definition) is 2. The molecule has 0 bridgehead atoms. The van der Waals surface area contributed by atoms with E-state index in [1.54, 1.807) is 23.9 Å². The van der Waals surface area contributed by atoms with Crippen LogP contribution in [-0.4, -0.2) is 34.3 Å². The van der Waals surface area contributed by atoms with Gasteiger partial charge in [-0.15, -0.1) is 23.1 Å². The SMILES string of the molecule is CCSc1ccc(Cl)cc1C(=O)NCCc1nc(C(=O)O)cs1. The lowest BCUT2D eigenvalue weighted by atomic mass is 10.2. The van der Waals surface area contributed by atoms with E-state index in [2.05, 4.69) is 10.3 Å². The van der Waals surface area contributed by atoms with Crippen LogP contribution in [0.1, 0.15) is 32.8 Å². The fraction of sp³-hybridized carbons (Fsp3) is 0.267. The van der Waals surface area contributed by atoms with Gasteiger partial charge < -0.3 is 10.4 Å². The standard InChI is InChI=1S/C15H15ClN2O3S2/c1-2-22-12-4-3-9(16)7-10(12)14(19)17-6-5-13-18-11(8-23-13)15(20)21/h3-4,7-8H,2,5-6H2,1H3,(H,17,19)(H,20,21). The van der Waals surface area contributed by atoms with Crippen molar-refractivity contribution in [2.24, 2.45) is 0 Å². The molecule has 1 aromatic heterocycles. The van der Waals surface area contributed by atoms with Crippen molar-refractivity contribution >= 4 is 46.6 Å². The summed E-state index contributed by atoms with van der Waals surface area (Å²) in [6.45, 7) is 2.40. The zero-order valence-electron chi connectivity index (χ0n) is 12.3. The second kappa shape index (κ2) is 8.33. The molecule has 2 aromatic rings. The highest BCUT2D eigenvalue weighted by atomic mass is 35.5. The third-order valence-corrected chi connectivity index (χ3v) is 4.98. The van der Waals surface area contributed by atoms with Gasteiger partial charge in [0.15, 0.2) is 5.69 Å². The molecule has 1 aromatic carbocycles. The van der Waals surface area contributed by atoms with E-state index >= 15 is 0 Å². The summed E-state index contributed by atoms with van der Waals surface area (Å²) in [6.07, 6.45) is 0.487. The molecule has 8 heteroatoms. The van der Waals surface area contributed by atoms with Gasteiger partial charge in [0.2, 0.25) is 0 Å². The minimum atomic E-state index is -1.04. The molecule has 23 heavy (non-hydrogen) atoms. The Morgan fingerprint density at radius 1 is 1.43 bits per heavy atom. The van der Waals surface area contributed by atoms with E-state index in [0.717, 1.165) is 10.6 Å². The average molecular weight is 371 g/mol. The van der Waals surface area contributed by atoms with Crippen molar-refractivity contribution in [3.05, 3.63) is 44.9 Å². The van der Waals surface area contributed by atoms with Gasteiger partial charge in [-0.25, -0.2) is 9.78 Å². The summed E-state index contributed by atoms with van der Waals surface area (Å²) in [7, 11) is 0. The van der Waals surface area contributed by atoms with Crippen LogP contribution in [0.3, 0.4) is 0 Å². The van der Waals surface area contributed by atoms with Gasteiger partial charge in [-0.3, -0.25) is 4.79 Å². The first kappa shape index (κ1) is 17.8. The Morgan fingerprint density at radius 2 is 2.22 bits per heavy atom. The molecule has 0 atom stereocenters. The van der Waals surface area contributed by atoms with Crippen molar-refractivity contribution in [2.75, 3.05) is 12.3 Å². The Morgan fingerprint density at radius 3 is 2.87 bits per heavy atom. The molecule has 0 aliphatic rings. The molecule has 0 spiro atoms. The molecular formula is C15H15ClN2O3S2. The van der Waals surface area contributed by atoms with Crippen LogP contribution in [0.25, 0.3) is 0 Å². The van der Waals surface area contributed by atoms with Crippen molar-refractivity contribution in [1.29, 1.82) is 0 Å². The number of rotatable bonds is 7. The zero-order chi connectivity index (χ0) is 16.8. The molecule has 2 rings (SSSR count). The normalized spacial score (nSPS) is 10.5. The van der Waals surface area contributed by atoms with Crippen LogP contribution in [0.15, 0.2) is 28.5 Å². The van der Waals surface area contributed by atoms with Crippen LogP contribution >= 0.6 is 34.7 Å². The number of aromatic carboxylic acids is 1. The van der Waals surface area contributed by atoms with Crippen molar-refractivity contribution in [1.82, 2.24) is 10.3 Å². The molecule has 0 radical (unpaired) electrons. The first-order valence-corrected chi connectivity index (χ1v) is 9.13. The summed E-state index contributed by atoms with van der Waals surface area (Å²) in [4.78, 5) is 27.9. The highest BCUT2D eigenvalue weighted by molar-refractivity contribution is 7.99. The Kier molecular flexibility index (Phi) is 6.44. The topological polar surface area (TPSA) is 79.3 Å². The fourth-order valence-electron chi connectivity index (χ4n) is 1.86. The third-order valence-electron chi connectivity index (χ3n) is 2.88. The second-order valence-electron chi connectivity index (χ2n) is 4.51. The molecular weight excluding hydrogens is 356 g/mol. The summed E-state index contributed by atoms with van der Waals surface area (Å²) in [5, 5.41) is 14.3. The maximum absolute atomic E-state index is 12.3. The maximum Gasteiger partial charge on any atom is 0.355 e. The lowest BCUT2D eigenvalue weighted by molar-refractivity contribution is 0.0690. The highest BCUT2D eigenvalue weighted by Crippen LogP contribution is 2.25. The number of thiazole rings is 1. The van der Waals surface area contributed by atoms with Crippen molar-refractivity contribution in [2.45, 2.75) is 18.2 Å². The van der Waals surface area contributed by atoms with Crippen LogP contribution in [0.5, 0.6) is 0 Å². The zero-order valence-corrected chi connectivity index (χ0v) is 14.7. The molecule has 1 heterocycles. The van der Waals surface area contributed by atoms with Crippen molar-refractivity contribution in [3.63, 3.8) is 0 Å². The number of carboxylic acid groups (broad SMARTS) is 1. The summed E-state index contributed by atoms with van der Waals surface area (Å²) >= 11 is 8.82. The van der Waals surface area contributed by atoms with Crippen molar-refractivity contribution < 1.29 is 14.7 Å². The van der Waals surface area contributed by atoms with Gasteiger partial charge in [0.05, 0.1) is 10.6 Å². The molecule has 0 aliphatic heterocycles. The molecule has 0 unspecified atom stereocenters. The number of carbonyl (C=O) groups excluding carboxylic acids is 1. The largest absolute Gasteiger partial charge is 0.476 e. The number of nitrogens with zero attached hydrogens (tertiary/aromatic N) is 1. The molecule has 2 N–H and O–H groups in total. The summed E-state index contributed by atoms with van der Waals surface area (Å²) in [6, 6.07) is 5.26. The van der Waals surface area contributed by atoms with E-state index in [-0.39, 0.29) is 11.6 Å². The van der Waals surface area contributed by atoms with Crippen LogP contribution in [0, 0.1) is 0 Å². The van der Waals surface area contributed by atoms with Crippen LogP contribution < -0.4 is 5.32 Å². The first-order chi connectivity index (χ1) is 11.0. The van der Waals surface area contributed by atoms with Gasteiger partial charge in [-0.1, -0.05) is 18.5 Å². The Balaban J connectivity index is 1.96. The smallest absolute Gasteiger partial charge is 0.355 e. The number of nitrogens with one attached hydrogen (secondary N) is 1. The lowest BCUT2D eigenvalue weighted by Gasteiger charge is -2.09. The second-order valence-corrected chi connectivity index (χ2v) is 7.20. The van der Waals surface area contributed by atoms with Gasteiger partial charge in [0, 0.05) is 28.3 Å². The van der Waals surface area contributed by atoms with E-state index in [0.29, 0.717) is 28.6 Å². The van der Waals surface area contributed by atoms with E-state index in [1.165, 1.54) is 16.7 Å². The van der Waals surface area contributed by atoms with Crippen molar-refractivity contribution in [3.8, 4) is 0 Å². The summed E-state index contributed by atoms with van der Waals surface area (Å²) in [5.41, 5.74) is 0.586. The van der Waals surface area contributed by atoms with Gasteiger partial charge in [-0.05, 0) is 24.0 Å². The molecule has 122 valence electrons. The fourth-order valence-corrected chi connectivity index (χ4v) is 3.59. The van der Waals surface area contributed by atoms with Crippen LogP contribution in [0.4, 0.5) is 0 Å². The molecule has 1 amide bonds. The van der Waals surface area contributed by atoms with Gasteiger partial charge in [-0.2, -0.15) is 0 Å². The minimum absolute atomic E-state index is 0.0350. The van der Waals surface area contributed by atoms with Gasteiger partial charge >= 0.3 is 5.97 Å². The highest BCUT2D eigenvalue weighted by Gasteiger charge is 2.13. The van der Waals surface area contributed by atoms with Crippen LogP contribution in [-0.2, 0) is 6.42 Å². The number of thioether (sulfide) groups is 1. The number of amides is 1. The first-order valence-electron chi connectivity index (χ1n) is 6.89. The molecule has 0 aliphatic carbocycles. The predicted octanol–water partition coefficient (Wildman–Crippen LogP) is 3.58. The predicted molar refractivity (Wildman–Crippen MR) is 93.0 cm³/mol. The number of hydrogen-bond acceptors (Lipinski definition) is 5. The Hall–Kier alpha value is -1.57. The molecule has 0 fully saturated rings. The summed E-state index contributed by atoms with van der Waals surface area (Å²) < 4.78 is 0.